The number of thiazole rings is 1. The minimum atomic E-state index is -0.511. The summed E-state index contributed by atoms with van der Waals surface area (Å²) in [6.07, 6.45) is 0. The molecule has 6 heteroatoms. The second-order valence-corrected chi connectivity index (χ2v) is 9.94. The van der Waals surface area contributed by atoms with Gasteiger partial charge in [0.05, 0.1) is 27.7 Å². The molecular formula is C29H21ClN2O2S. The molecule has 2 heterocycles. The van der Waals surface area contributed by atoms with Gasteiger partial charge < -0.3 is 4.74 Å². The number of anilines is 1. The zero-order valence-corrected chi connectivity index (χ0v) is 20.5. The van der Waals surface area contributed by atoms with E-state index in [0.717, 1.165) is 32.5 Å². The first-order chi connectivity index (χ1) is 17.1. The average molecular weight is 497 g/mol. The average Bonchev–Trinajstić information content (AvgIpc) is 3.35. The molecule has 1 aliphatic heterocycles. The zero-order chi connectivity index (χ0) is 23.9. The summed E-state index contributed by atoms with van der Waals surface area (Å²) in [5.74, 6) is 0.841. The van der Waals surface area contributed by atoms with E-state index in [1.807, 2.05) is 97.9 Å². The molecule has 1 aliphatic rings. The monoisotopic (exact) mass is 496 g/mol. The molecule has 0 atom stereocenters. The molecule has 0 saturated carbocycles. The Kier molecular flexibility index (Phi) is 5.51. The molecule has 0 spiro atoms. The molecule has 0 bridgehead atoms. The topological polar surface area (TPSA) is 42.4 Å². The van der Waals surface area contributed by atoms with Crippen LogP contribution in [0.4, 0.5) is 5.13 Å². The van der Waals surface area contributed by atoms with Crippen LogP contribution in [0, 0.1) is 6.92 Å². The molecule has 1 aromatic heterocycles. The second kappa shape index (κ2) is 8.84. The number of amides is 1. The van der Waals surface area contributed by atoms with Crippen LogP contribution in [-0.2, 0) is 11.3 Å². The van der Waals surface area contributed by atoms with Gasteiger partial charge in [0.2, 0.25) is 5.91 Å². The van der Waals surface area contributed by atoms with Gasteiger partial charge in [0.1, 0.15) is 11.5 Å². The number of benzene rings is 4. The minimum Gasteiger partial charge on any atom is -0.457 e. The Bertz CT molecular complexity index is 1480. The van der Waals surface area contributed by atoms with Gasteiger partial charge >= 0.3 is 0 Å². The maximum Gasteiger partial charge on any atom is 0.241 e. The SMILES string of the molecule is Cc1ccc(Cl)c2sc(N(Cc3ccccc3)C(=O)C3c4ccccc4Oc4ccccc43)nc12. The number of carbonyl (C=O) groups excluding carboxylic acids is 1. The van der Waals surface area contributed by atoms with Gasteiger partial charge in [-0.1, -0.05) is 95.7 Å². The fourth-order valence-corrected chi connectivity index (χ4v) is 5.87. The van der Waals surface area contributed by atoms with E-state index in [-0.39, 0.29) is 5.91 Å². The number of ether oxygens (including phenoxy) is 1. The van der Waals surface area contributed by atoms with Gasteiger partial charge in [-0.2, -0.15) is 0 Å². The number of aromatic nitrogens is 1. The predicted octanol–water partition coefficient (Wildman–Crippen LogP) is 7.73. The molecule has 4 nitrogen and oxygen atoms in total. The Hall–Kier alpha value is -3.67. The molecule has 0 radical (unpaired) electrons. The third-order valence-electron chi connectivity index (χ3n) is 6.29. The summed E-state index contributed by atoms with van der Waals surface area (Å²) in [6, 6.07) is 29.3. The van der Waals surface area contributed by atoms with Crippen molar-refractivity contribution in [3.63, 3.8) is 0 Å². The van der Waals surface area contributed by atoms with Gasteiger partial charge in [0.15, 0.2) is 5.13 Å². The van der Waals surface area contributed by atoms with Crippen molar-refractivity contribution in [3.8, 4) is 11.5 Å². The summed E-state index contributed by atoms with van der Waals surface area (Å²) >= 11 is 7.97. The van der Waals surface area contributed by atoms with Crippen LogP contribution in [0.1, 0.15) is 28.2 Å². The molecule has 0 saturated heterocycles. The van der Waals surface area contributed by atoms with Crippen molar-refractivity contribution in [2.45, 2.75) is 19.4 Å². The molecule has 1 amide bonds. The minimum absolute atomic E-state index is 0.0510. The van der Waals surface area contributed by atoms with Crippen molar-refractivity contribution >= 4 is 44.2 Å². The van der Waals surface area contributed by atoms with Crippen LogP contribution in [0.2, 0.25) is 5.02 Å². The van der Waals surface area contributed by atoms with Gasteiger partial charge in [-0.05, 0) is 36.2 Å². The standard InChI is InChI=1S/C29H21ClN2O2S/c1-18-15-16-22(30)27-26(18)31-29(35-27)32(17-19-9-3-2-4-10-19)28(33)25-20-11-5-7-13-23(20)34-24-14-8-6-12-21(24)25/h2-16,25H,17H2,1H3. The number of carbonyl (C=O) groups is 1. The Morgan fingerprint density at radius 1 is 0.914 bits per heavy atom. The fraction of sp³-hybridized carbons (Fsp3) is 0.103. The molecule has 0 aliphatic carbocycles. The molecule has 5 aromatic rings. The van der Waals surface area contributed by atoms with Gasteiger partial charge in [-0.3, -0.25) is 9.69 Å². The predicted molar refractivity (Wildman–Crippen MR) is 142 cm³/mol. The van der Waals surface area contributed by atoms with E-state index < -0.39 is 5.92 Å². The fourth-order valence-electron chi connectivity index (χ4n) is 4.54. The number of nitrogens with zero attached hydrogens (tertiary/aromatic N) is 2. The van der Waals surface area contributed by atoms with E-state index in [1.165, 1.54) is 11.3 Å². The van der Waals surface area contributed by atoms with Crippen LogP contribution < -0.4 is 9.64 Å². The van der Waals surface area contributed by atoms with Gasteiger partial charge in [0, 0.05) is 11.1 Å². The summed E-state index contributed by atoms with van der Waals surface area (Å²) in [5, 5.41) is 1.27. The number of para-hydroxylation sites is 2. The van der Waals surface area contributed by atoms with Crippen molar-refractivity contribution in [3.05, 3.63) is 118 Å². The molecule has 6 rings (SSSR count). The van der Waals surface area contributed by atoms with Crippen molar-refractivity contribution in [1.29, 1.82) is 0 Å². The van der Waals surface area contributed by atoms with Gasteiger partial charge in [-0.15, -0.1) is 0 Å². The van der Waals surface area contributed by atoms with Crippen molar-refractivity contribution in [2.24, 2.45) is 0 Å². The highest BCUT2D eigenvalue weighted by Crippen LogP contribution is 2.46. The van der Waals surface area contributed by atoms with Crippen LogP contribution in [0.5, 0.6) is 11.5 Å². The van der Waals surface area contributed by atoms with Crippen LogP contribution in [0.15, 0.2) is 91.0 Å². The zero-order valence-electron chi connectivity index (χ0n) is 18.9. The van der Waals surface area contributed by atoms with Crippen molar-refractivity contribution < 1.29 is 9.53 Å². The lowest BCUT2D eigenvalue weighted by Gasteiger charge is -2.31. The number of aryl methyl sites for hydroxylation is 1. The van der Waals surface area contributed by atoms with E-state index in [9.17, 15) is 4.79 Å². The Morgan fingerprint density at radius 2 is 1.54 bits per heavy atom. The van der Waals surface area contributed by atoms with Crippen molar-refractivity contribution in [2.75, 3.05) is 4.90 Å². The van der Waals surface area contributed by atoms with Crippen LogP contribution >= 0.6 is 22.9 Å². The lowest BCUT2D eigenvalue weighted by atomic mass is 9.87. The van der Waals surface area contributed by atoms with Crippen LogP contribution in [0.25, 0.3) is 10.2 Å². The highest BCUT2D eigenvalue weighted by atomic mass is 35.5. The highest BCUT2D eigenvalue weighted by molar-refractivity contribution is 7.23. The lowest BCUT2D eigenvalue weighted by Crippen LogP contribution is -2.36. The van der Waals surface area contributed by atoms with Gasteiger partial charge in [-0.25, -0.2) is 4.98 Å². The number of rotatable bonds is 4. The normalized spacial score (nSPS) is 12.6. The van der Waals surface area contributed by atoms with E-state index in [2.05, 4.69) is 0 Å². The lowest BCUT2D eigenvalue weighted by molar-refractivity contribution is -0.119. The second-order valence-electron chi connectivity index (χ2n) is 8.56. The Morgan fingerprint density at radius 3 is 2.20 bits per heavy atom. The first kappa shape index (κ1) is 21.8. The molecule has 172 valence electrons. The van der Waals surface area contributed by atoms with E-state index in [1.54, 1.807) is 4.90 Å². The Balaban J connectivity index is 1.52. The Labute approximate surface area is 212 Å². The number of halogens is 1. The summed E-state index contributed by atoms with van der Waals surface area (Å²) in [4.78, 5) is 21.2. The van der Waals surface area contributed by atoms with Crippen LogP contribution in [-0.4, -0.2) is 10.9 Å². The molecule has 0 N–H and O–H groups in total. The molecule has 35 heavy (non-hydrogen) atoms. The van der Waals surface area contributed by atoms with Crippen molar-refractivity contribution in [1.82, 2.24) is 4.98 Å². The highest BCUT2D eigenvalue weighted by Gasteiger charge is 2.36. The summed E-state index contributed by atoms with van der Waals surface area (Å²) in [5.41, 5.74) is 4.59. The summed E-state index contributed by atoms with van der Waals surface area (Å²) < 4.78 is 7.03. The first-order valence-corrected chi connectivity index (χ1v) is 12.6. The smallest absolute Gasteiger partial charge is 0.241 e. The summed E-state index contributed by atoms with van der Waals surface area (Å²) in [7, 11) is 0. The summed E-state index contributed by atoms with van der Waals surface area (Å²) in [6.45, 7) is 2.41. The molecular weight excluding hydrogens is 476 g/mol. The first-order valence-electron chi connectivity index (χ1n) is 11.4. The largest absolute Gasteiger partial charge is 0.457 e. The maximum absolute atomic E-state index is 14.5. The number of hydrogen-bond acceptors (Lipinski definition) is 4. The van der Waals surface area contributed by atoms with E-state index in [0.29, 0.717) is 28.2 Å². The van der Waals surface area contributed by atoms with E-state index in [4.69, 9.17) is 21.3 Å². The maximum atomic E-state index is 14.5. The van der Waals surface area contributed by atoms with Crippen LogP contribution in [0.3, 0.4) is 0 Å². The molecule has 0 fully saturated rings. The number of hydrogen-bond donors (Lipinski definition) is 0. The van der Waals surface area contributed by atoms with E-state index >= 15 is 0 Å². The quantitative estimate of drug-likeness (QED) is 0.255. The third-order valence-corrected chi connectivity index (χ3v) is 7.83. The molecule has 4 aromatic carbocycles. The molecule has 0 unspecified atom stereocenters. The number of fused-ring (bicyclic) bond motifs is 3. The third kappa shape index (κ3) is 3.87. The van der Waals surface area contributed by atoms with Gasteiger partial charge in [0.25, 0.3) is 0 Å².